The van der Waals surface area contributed by atoms with E-state index < -0.39 is 0 Å². The van der Waals surface area contributed by atoms with Gasteiger partial charge in [0.05, 0.1) is 0 Å². The predicted octanol–water partition coefficient (Wildman–Crippen LogP) is 10.9. The molecule has 0 saturated heterocycles. The SMILES string of the molecule is C/C=C\C=C/C.C=C/C=C\C=C(/C)CC(C)N(C)CC(C)C.CC.CC.CC.CC(C)C. The monoisotopic (exact) mass is 452 g/mol. The molecule has 0 heterocycles. The second kappa shape index (κ2) is 43.5. The second-order valence-electron chi connectivity index (χ2n) is 7.80. The maximum Gasteiger partial charge on any atom is 0.0101 e. The largest absolute Gasteiger partial charge is 0.303 e. The minimum Gasteiger partial charge on any atom is -0.303 e. The van der Waals surface area contributed by atoms with Gasteiger partial charge in [0, 0.05) is 12.6 Å². The van der Waals surface area contributed by atoms with Crippen LogP contribution in [-0.2, 0) is 0 Å². The third-order valence-electron chi connectivity index (χ3n) is 3.15. The molecular formula is C31H65N. The molecule has 194 valence electrons. The van der Waals surface area contributed by atoms with Crippen LogP contribution in [0.25, 0.3) is 0 Å². The maximum absolute atomic E-state index is 3.66. The van der Waals surface area contributed by atoms with E-state index in [2.05, 4.69) is 79.1 Å². The normalized spacial score (nSPS) is 11.4. The molecule has 0 radical (unpaired) electrons. The molecule has 0 bridgehead atoms. The van der Waals surface area contributed by atoms with E-state index in [-0.39, 0.29) is 0 Å². The Hall–Kier alpha value is -1.34. The minimum atomic E-state index is 0.607. The van der Waals surface area contributed by atoms with Crippen molar-refractivity contribution in [2.45, 2.75) is 116 Å². The molecule has 0 aromatic heterocycles. The molecule has 0 spiro atoms. The summed E-state index contributed by atoms with van der Waals surface area (Å²) in [5.74, 6) is 1.57. The zero-order valence-electron chi connectivity index (χ0n) is 25.4. The smallest absolute Gasteiger partial charge is 0.0101 e. The zero-order valence-corrected chi connectivity index (χ0v) is 25.4. The third-order valence-corrected chi connectivity index (χ3v) is 3.15. The van der Waals surface area contributed by atoms with E-state index in [9.17, 15) is 0 Å². The number of hydrogen-bond acceptors (Lipinski definition) is 1. The molecule has 32 heavy (non-hydrogen) atoms. The summed E-state index contributed by atoms with van der Waals surface area (Å²) in [4.78, 5) is 2.43. The van der Waals surface area contributed by atoms with E-state index in [1.165, 1.54) is 5.57 Å². The Morgan fingerprint density at radius 1 is 0.750 bits per heavy atom. The molecule has 0 aliphatic rings. The van der Waals surface area contributed by atoms with Crippen molar-refractivity contribution in [3.8, 4) is 0 Å². The lowest BCUT2D eigenvalue weighted by Crippen LogP contribution is -2.32. The molecule has 1 unspecified atom stereocenters. The van der Waals surface area contributed by atoms with Crippen LogP contribution in [-0.4, -0.2) is 24.5 Å². The van der Waals surface area contributed by atoms with Crippen LogP contribution in [0.4, 0.5) is 0 Å². The number of hydrogen-bond donors (Lipinski definition) is 0. The molecule has 0 aliphatic heterocycles. The average Bonchev–Trinajstić information content (AvgIpc) is 2.76. The number of rotatable bonds is 8. The van der Waals surface area contributed by atoms with Gasteiger partial charge in [0.25, 0.3) is 0 Å². The highest BCUT2D eigenvalue weighted by molar-refractivity contribution is 5.14. The first-order chi connectivity index (χ1) is 15.1. The van der Waals surface area contributed by atoms with Gasteiger partial charge in [0.2, 0.25) is 0 Å². The molecule has 1 atom stereocenters. The summed E-state index contributed by atoms with van der Waals surface area (Å²) >= 11 is 0. The van der Waals surface area contributed by atoms with Gasteiger partial charge in [-0.2, -0.15) is 0 Å². The van der Waals surface area contributed by atoms with Gasteiger partial charge in [-0.3, -0.25) is 0 Å². The van der Waals surface area contributed by atoms with Crippen LogP contribution < -0.4 is 0 Å². The van der Waals surface area contributed by atoms with Gasteiger partial charge in [-0.1, -0.05) is 137 Å². The fourth-order valence-electron chi connectivity index (χ4n) is 1.97. The van der Waals surface area contributed by atoms with Gasteiger partial charge >= 0.3 is 0 Å². The first-order valence-corrected chi connectivity index (χ1v) is 13.0. The van der Waals surface area contributed by atoms with Gasteiger partial charge in [-0.05, 0) is 53.0 Å². The summed E-state index contributed by atoms with van der Waals surface area (Å²) in [5.41, 5.74) is 1.42. The Morgan fingerprint density at radius 3 is 1.41 bits per heavy atom. The third kappa shape index (κ3) is 63.0. The van der Waals surface area contributed by atoms with Crippen LogP contribution in [0.1, 0.15) is 110 Å². The van der Waals surface area contributed by atoms with E-state index in [4.69, 9.17) is 0 Å². The summed E-state index contributed by atoms with van der Waals surface area (Å²) < 4.78 is 0. The van der Waals surface area contributed by atoms with Crippen LogP contribution in [0.3, 0.4) is 0 Å². The Kier molecular flexibility index (Phi) is 60.3. The highest BCUT2D eigenvalue weighted by Gasteiger charge is 2.10. The second-order valence-corrected chi connectivity index (χ2v) is 7.80. The summed E-state index contributed by atoms with van der Waals surface area (Å²) in [6, 6.07) is 0.607. The fraction of sp³-hybridized carbons (Fsp3) is 0.677. The molecule has 1 nitrogen and oxygen atoms in total. The van der Waals surface area contributed by atoms with Gasteiger partial charge in [-0.15, -0.1) is 0 Å². The molecule has 0 aromatic carbocycles. The van der Waals surface area contributed by atoms with Gasteiger partial charge in [0.1, 0.15) is 0 Å². The average molecular weight is 452 g/mol. The summed E-state index contributed by atoms with van der Waals surface area (Å²) in [6.45, 7) is 36.3. The first kappa shape index (κ1) is 44.4. The lowest BCUT2D eigenvalue weighted by atomic mass is 10.1. The van der Waals surface area contributed by atoms with Crippen LogP contribution in [0.15, 0.2) is 60.8 Å². The van der Waals surface area contributed by atoms with Gasteiger partial charge in [0.15, 0.2) is 0 Å². The zero-order chi connectivity index (χ0) is 27.0. The fourth-order valence-corrected chi connectivity index (χ4v) is 1.97. The van der Waals surface area contributed by atoms with E-state index in [0.717, 1.165) is 24.8 Å². The lowest BCUT2D eigenvalue weighted by Gasteiger charge is -2.26. The summed E-state index contributed by atoms with van der Waals surface area (Å²) in [5, 5.41) is 0. The molecular weight excluding hydrogens is 386 g/mol. The number of allylic oxidation sites excluding steroid dienone is 8. The van der Waals surface area contributed by atoms with E-state index >= 15 is 0 Å². The van der Waals surface area contributed by atoms with E-state index in [1.807, 2.05) is 85.8 Å². The molecule has 0 aliphatic carbocycles. The molecule has 1 heteroatoms. The van der Waals surface area contributed by atoms with E-state index in [0.29, 0.717) is 6.04 Å². The van der Waals surface area contributed by atoms with Crippen molar-refractivity contribution >= 4 is 0 Å². The minimum absolute atomic E-state index is 0.607. The van der Waals surface area contributed by atoms with Crippen molar-refractivity contribution in [1.29, 1.82) is 0 Å². The Balaban J connectivity index is -0.0000000869. The Labute approximate surface area is 207 Å². The van der Waals surface area contributed by atoms with Crippen molar-refractivity contribution < 1.29 is 0 Å². The van der Waals surface area contributed by atoms with Crippen molar-refractivity contribution in [2.75, 3.05) is 13.6 Å². The van der Waals surface area contributed by atoms with E-state index in [1.54, 1.807) is 6.08 Å². The highest BCUT2D eigenvalue weighted by Crippen LogP contribution is 2.11. The van der Waals surface area contributed by atoms with Crippen LogP contribution in [0.5, 0.6) is 0 Å². The van der Waals surface area contributed by atoms with Crippen LogP contribution in [0.2, 0.25) is 0 Å². The molecule has 0 amide bonds. The lowest BCUT2D eigenvalue weighted by molar-refractivity contribution is 0.229. The topological polar surface area (TPSA) is 3.24 Å². The van der Waals surface area contributed by atoms with Crippen molar-refractivity contribution in [2.24, 2.45) is 11.8 Å². The summed E-state index contributed by atoms with van der Waals surface area (Å²) in [7, 11) is 2.21. The van der Waals surface area contributed by atoms with Gasteiger partial charge < -0.3 is 4.90 Å². The molecule has 0 N–H and O–H groups in total. The molecule has 0 rings (SSSR count). The quantitative estimate of drug-likeness (QED) is 0.331. The standard InChI is InChI=1S/C15H27N.C6H10.C4H10.3C2H6/c1-7-8-9-10-14(4)11-15(5)16(6)12-13(2)3;1-3-5-6-4-2;1-4(2)3;3*1-2/h7-10,13,15H,1,11-12H2,2-6H3;3-6H,1-2H3;4H,1-3H3;3*1-2H3/b9-8-,14-10+;5-3-,6-4-;;;;. The van der Waals surface area contributed by atoms with Crippen LogP contribution >= 0.6 is 0 Å². The van der Waals surface area contributed by atoms with Crippen LogP contribution in [0, 0.1) is 11.8 Å². The maximum atomic E-state index is 3.66. The van der Waals surface area contributed by atoms with Crippen molar-refractivity contribution in [3.05, 3.63) is 60.8 Å². The molecule has 0 saturated carbocycles. The van der Waals surface area contributed by atoms with Crippen molar-refractivity contribution in [1.82, 2.24) is 4.90 Å². The number of nitrogens with zero attached hydrogens (tertiary/aromatic N) is 1. The van der Waals surface area contributed by atoms with Gasteiger partial charge in [-0.25, -0.2) is 0 Å². The summed E-state index contributed by atoms with van der Waals surface area (Å²) in [6.07, 6.45) is 17.1. The predicted molar refractivity (Wildman–Crippen MR) is 159 cm³/mol. The Morgan fingerprint density at radius 2 is 1.12 bits per heavy atom. The van der Waals surface area contributed by atoms with Crippen molar-refractivity contribution in [3.63, 3.8) is 0 Å². The molecule has 0 aromatic rings. The molecule has 0 fully saturated rings. The highest BCUT2D eigenvalue weighted by atomic mass is 15.1. The Bertz CT molecular complexity index is 395. The first-order valence-electron chi connectivity index (χ1n) is 13.0.